The summed E-state index contributed by atoms with van der Waals surface area (Å²) in [5, 5.41) is 3.19. The van der Waals surface area contributed by atoms with Crippen LogP contribution in [0.15, 0.2) is 0 Å². The van der Waals surface area contributed by atoms with Gasteiger partial charge in [-0.15, -0.1) is 0 Å². The molecule has 4 rings (SSSR count). The Morgan fingerprint density at radius 3 is 2.55 bits per heavy atom. The molecule has 3 heterocycles. The summed E-state index contributed by atoms with van der Waals surface area (Å²) in [6, 6.07) is 0.454. The number of ether oxygens (including phenoxy) is 2. The molecular formula is C22H34N4O3. The number of carbonyl (C=O) groups excluding carboxylic acids is 1. The Kier molecular flexibility index (Phi) is 6.53. The maximum absolute atomic E-state index is 12.5. The number of nitrogens with zero attached hydrogens (tertiary/aromatic N) is 3. The zero-order chi connectivity index (χ0) is 20.2. The van der Waals surface area contributed by atoms with Crippen LogP contribution in [0, 0.1) is 0 Å². The van der Waals surface area contributed by atoms with Gasteiger partial charge < -0.3 is 19.7 Å². The van der Waals surface area contributed by atoms with Crippen molar-refractivity contribution in [1.82, 2.24) is 20.2 Å². The minimum absolute atomic E-state index is 0.0884. The number of rotatable bonds is 4. The number of hydrogen-bond donors (Lipinski definition) is 1. The van der Waals surface area contributed by atoms with E-state index in [0.29, 0.717) is 19.3 Å². The molecule has 0 atom stereocenters. The van der Waals surface area contributed by atoms with Gasteiger partial charge in [0.1, 0.15) is 11.9 Å². The van der Waals surface area contributed by atoms with E-state index in [0.717, 1.165) is 74.6 Å². The summed E-state index contributed by atoms with van der Waals surface area (Å²) in [6.45, 7) is 7.08. The molecule has 0 radical (unpaired) electrons. The van der Waals surface area contributed by atoms with Gasteiger partial charge in [-0.05, 0) is 12.8 Å². The Labute approximate surface area is 173 Å². The zero-order valence-electron chi connectivity index (χ0n) is 17.8. The van der Waals surface area contributed by atoms with Crippen LogP contribution in [0.2, 0.25) is 0 Å². The third kappa shape index (κ3) is 5.00. The summed E-state index contributed by atoms with van der Waals surface area (Å²) in [4.78, 5) is 24.0. The van der Waals surface area contributed by atoms with Crippen LogP contribution >= 0.6 is 0 Å². The molecule has 1 aromatic heterocycles. The van der Waals surface area contributed by atoms with Gasteiger partial charge in [0.15, 0.2) is 0 Å². The van der Waals surface area contributed by atoms with E-state index in [1.165, 1.54) is 12.8 Å². The third-order valence-corrected chi connectivity index (χ3v) is 6.26. The van der Waals surface area contributed by atoms with Crippen LogP contribution in [0.5, 0.6) is 5.88 Å². The van der Waals surface area contributed by atoms with Gasteiger partial charge in [0.2, 0.25) is 5.88 Å². The molecule has 1 aromatic rings. The minimum Gasteiger partial charge on any atom is -0.474 e. The number of likely N-dealkylation sites (tertiary alicyclic amines) is 1. The molecule has 29 heavy (non-hydrogen) atoms. The number of urea groups is 1. The van der Waals surface area contributed by atoms with Crippen molar-refractivity contribution in [2.75, 3.05) is 26.3 Å². The van der Waals surface area contributed by atoms with Gasteiger partial charge in [-0.2, -0.15) is 4.98 Å². The van der Waals surface area contributed by atoms with Crippen LogP contribution in [-0.4, -0.2) is 59.3 Å². The molecule has 0 aromatic carbocycles. The lowest BCUT2D eigenvalue weighted by Crippen LogP contribution is -2.48. The predicted molar refractivity (Wildman–Crippen MR) is 110 cm³/mol. The number of piperidine rings is 1. The van der Waals surface area contributed by atoms with Gasteiger partial charge >= 0.3 is 6.03 Å². The molecule has 2 amide bonds. The molecule has 2 fully saturated rings. The Bertz CT molecular complexity index is 710. The first-order valence-electron chi connectivity index (χ1n) is 11.3. The van der Waals surface area contributed by atoms with Crippen LogP contribution in [-0.2, 0) is 17.6 Å². The van der Waals surface area contributed by atoms with Crippen molar-refractivity contribution in [3.8, 4) is 5.88 Å². The molecule has 0 spiro atoms. The van der Waals surface area contributed by atoms with Crippen LogP contribution in [0.4, 0.5) is 4.79 Å². The lowest BCUT2D eigenvalue weighted by atomic mass is 10.1. The van der Waals surface area contributed by atoms with Crippen LogP contribution in [0.1, 0.15) is 75.4 Å². The zero-order valence-corrected chi connectivity index (χ0v) is 17.8. The average Bonchev–Trinajstić information content (AvgIpc) is 3.10. The summed E-state index contributed by atoms with van der Waals surface area (Å²) in [7, 11) is 0. The van der Waals surface area contributed by atoms with E-state index in [2.05, 4.69) is 19.2 Å². The SMILES string of the molecule is CC(C)c1nc2c(c(OC3CCN(C(=O)NC4CCCC4)CC3)n1)CCOCC2. The maximum Gasteiger partial charge on any atom is 0.317 e. The highest BCUT2D eigenvalue weighted by molar-refractivity contribution is 5.74. The molecule has 1 saturated carbocycles. The maximum atomic E-state index is 12.5. The van der Waals surface area contributed by atoms with Gasteiger partial charge in [0.25, 0.3) is 0 Å². The Balaban J connectivity index is 1.38. The Morgan fingerprint density at radius 1 is 1.10 bits per heavy atom. The first-order chi connectivity index (χ1) is 14.1. The van der Waals surface area contributed by atoms with Crippen molar-refractivity contribution in [3.05, 3.63) is 17.1 Å². The van der Waals surface area contributed by atoms with E-state index in [9.17, 15) is 4.79 Å². The molecule has 1 aliphatic carbocycles. The fraction of sp³-hybridized carbons (Fsp3) is 0.773. The van der Waals surface area contributed by atoms with E-state index < -0.39 is 0 Å². The normalized spacial score (nSPS) is 21.1. The molecular weight excluding hydrogens is 368 g/mol. The summed E-state index contributed by atoms with van der Waals surface area (Å²) in [6.07, 6.45) is 8.07. The summed E-state index contributed by atoms with van der Waals surface area (Å²) >= 11 is 0. The van der Waals surface area contributed by atoms with Gasteiger partial charge in [-0.1, -0.05) is 26.7 Å². The summed E-state index contributed by atoms with van der Waals surface area (Å²) < 4.78 is 12.0. The molecule has 1 N–H and O–H groups in total. The second kappa shape index (κ2) is 9.28. The van der Waals surface area contributed by atoms with E-state index in [-0.39, 0.29) is 18.1 Å². The van der Waals surface area contributed by atoms with Crippen LogP contribution in [0.3, 0.4) is 0 Å². The summed E-state index contributed by atoms with van der Waals surface area (Å²) in [5.74, 6) is 1.83. The molecule has 0 bridgehead atoms. The lowest BCUT2D eigenvalue weighted by molar-refractivity contribution is 0.104. The van der Waals surface area contributed by atoms with Gasteiger partial charge in [0, 0.05) is 56.3 Å². The smallest absolute Gasteiger partial charge is 0.317 e. The minimum atomic E-state index is 0.0884. The molecule has 3 aliphatic rings. The van der Waals surface area contributed by atoms with Crippen molar-refractivity contribution < 1.29 is 14.3 Å². The molecule has 7 heteroatoms. The van der Waals surface area contributed by atoms with Gasteiger partial charge in [-0.25, -0.2) is 9.78 Å². The number of amides is 2. The fourth-order valence-electron chi connectivity index (χ4n) is 4.46. The van der Waals surface area contributed by atoms with Crippen molar-refractivity contribution >= 4 is 6.03 Å². The first-order valence-corrected chi connectivity index (χ1v) is 11.3. The summed E-state index contributed by atoms with van der Waals surface area (Å²) in [5.41, 5.74) is 2.18. The quantitative estimate of drug-likeness (QED) is 0.837. The molecule has 0 unspecified atom stereocenters. The van der Waals surface area contributed by atoms with Crippen molar-refractivity contribution in [2.45, 2.75) is 83.3 Å². The van der Waals surface area contributed by atoms with Crippen LogP contribution in [0.25, 0.3) is 0 Å². The first kappa shape index (κ1) is 20.4. The standard InChI is InChI=1S/C22H34N4O3/c1-15(2)20-24-19-10-14-28-13-9-18(19)21(25-20)29-17-7-11-26(12-8-17)22(27)23-16-5-3-4-6-16/h15-17H,3-14H2,1-2H3,(H,23,27). The lowest BCUT2D eigenvalue weighted by Gasteiger charge is -2.33. The number of fused-ring (bicyclic) bond motifs is 1. The fourth-order valence-corrected chi connectivity index (χ4v) is 4.46. The molecule has 2 aliphatic heterocycles. The number of aromatic nitrogens is 2. The highest BCUT2D eigenvalue weighted by Gasteiger charge is 2.28. The van der Waals surface area contributed by atoms with E-state index in [1.54, 1.807) is 0 Å². The Morgan fingerprint density at radius 2 is 1.83 bits per heavy atom. The topological polar surface area (TPSA) is 76.6 Å². The highest BCUT2D eigenvalue weighted by Crippen LogP contribution is 2.28. The molecule has 160 valence electrons. The third-order valence-electron chi connectivity index (χ3n) is 6.26. The second-order valence-corrected chi connectivity index (χ2v) is 8.81. The average molecular weight is 403 g/mol. The second-order valence-electron chi connectivity index (χ2n) is 8.81. The Hall–Kier alpha value is -1.89. The molecule has 1 saturated heterocycles. The van der Waals surface area contributed by atoms with Crippen molar-refractivity contribution in [3.63, 3.8) is 0 Å². The van der Waals surface area contributed by atoms with Gasteiger partial charge in [0.05, 0.1) is 18.9 Å². The number of nitrogens with one attached hydrogen (secondary N) is 1. The predicted octanol–water partition coefficient (Wildman–Crippen LogP) is 3.21. The molecule has 7 nitrogen and oxygen atoms in total. The highest BCUT2D eigenvalue weighted by atomic mass is 16.5. The van der Waals surface area contributed by atoms with Crippen LogP contribution < -0.4 is 10.1 Å². The van der Waals surface area contributed by atoms with Crippen molar-refractivity contribution in [2.24, 2.45) is 0 Å². The van der Waals surface area contributed by atoms with E-state index in [1.807, 2.05) is 4.90 Å². The van der Waals surface area contributed by atoms with E-state index >= 15 is 0 Å². The largest absolute Gasteiger partial charge is 0.474 e. The van der Waals surface area contributed by atoms with E-state index in [4.69, 9.17) is 19.4 Å². The number of hydrogen-bond acceptors (Lipinski definition) is 5. The number of carbonyl (C=O) groups is 1. The van der Waals surface area contributed by atoms with Crippen molar-refractivity contribution in [1.29, 1.82) is 0 Å². The monoisotopic (exact) mass is 402 g/mol. The van der Waals surface area contributed by atoms with Gasteiger partial charge in [-0.3, -0.25) is 0 Å².